The molecular weight excluding hydrogens is 441 g/mol. The molecule has 5 nitrogen and oxygen atoms in total. The van der Waals surface area contributed by atoms with Crippen molar-refractivity contribution >= 4 is 40.0 Å². The number of benzene rings is 3. The number of nitrogen functional groups attached to an aromatic ring is 1. The predicted octanol–water partition coefficient (Wildman–Crippen LogP) is 6.11. The van der Waals surface area contributed by atoms with Crippen LogP contribution in [0.25, 0.3) is 22.0 Å². The van der Waals surface area contributed by atoms with Crippen molar-refractivity contribution in [2.75, 3.05) is 11.1 Å². The van der Waals surface area contributed by atoms with Crippen molar-refractivity contribution in [2.24, 2.45) is 0 Å². The third kappa shape index (κ3) is 4.22. The number of anilines is 2. The van der Waals surface area contributed by atoms with Gasteiger partial charge in [-0.15, -0.1) is 0 Å². The normalized spacial score (nSPS) is 11.5. The zero-order valence-electron chi connectivity index (χ0n) is 16.7. The van der Waals surface area contributed by atoms with Crippen molar-refractivity contribution in [1.82, 2.24) is 9.97 Å². The van der Waals surface area contributed by atoms with E-state index in [4.69, 9.17) is 17.3 Å². The molecule has 0 saturated carbocycles. The number of hydrogen-bond donors (Lipinski definition) is 2. The molecule has 4 aromatic rings. The van der Waals surface area contributed by atoms with Crippen molar-refractivity contribution < 1.29 is 18.0 Å². The molecule has 1 aromatic heterocycles. The van der Waals surface area contributed by atoms with Gasteiger partial charge in [0.2, 0.25) is 5.95 Å². The van der Waals surface area contributed by atoms with Crippen LogP contribution < -0.4 is 11.1 Å². The molecule has 0 fully saturated rings. The third-order valence-corrected chi connectivity index (χ3v) is 5.36. The monoisotopic (exact) mass is 456 g/mol. The first-order chi connectivity index (χ1) is 15.1. The Morgan fingerprint density at radius 2 is 1.88 bits per heavy atom. The van der Waals surface area contributed by atoms with Crippen molar-refractivity contribution in [1.29, 1.82) is 0 Å². The number of amides is 1. The maximum atomic E-state index is 13.1. The van der Waals surface area contributed by atoms with Gasteiger partial charge in [0.15, 0.2) is 0 Å². The minimum absolute atomic E-state index is 0.180. The Bertz CT molecular complexity index is 1360. The number of fused-ring (bicyclic) bond motifs is 1. The van der Waals surface area contributed by atoms with E-state index in [1.54, 1.807) is 18.3 Å². The lowest BCUT2D eigenvalue weighted by atomic mass is 9.98. The standard InChI is InChI=1S/C23H16ClF3N4O/c1-12-5-7-15(30-21(32)16-3-2-4-18(20(16)24)23(25,26)27)10-17(12)13-6-8-19-14(9-13)11-29-22(28)31-19/h2-11H,1H3,(H,30,32)(H2,28,29,31). The highest BCUT2D eigenvalue weighted by Gasteiger charge is 2.34. The fourth-order valence-corrected chi connectivity index (χ4v) is 3.67. The van der Waals surface area contributed by atoms with Gasteiger partial charge in [0, 0.05) is 17.3 Å². The van der Waals surface area contributed by atoms with E-state index in [1.165, 1.54) is 6.07 Å². The summed E-state index contributed by atoms with van der Waals surface area (Å²) >= 11 is 5.87. The van der Waals surface area contributed by atoms with Gasteiger partial charge in [0.25, 0.3) is 5.91 Å². The van der Waals surface area contributed by atoms with Gasteiger partial charge >= 0.3 is 6.18 Å². The van der Waals surface area contributed by atoms with E-state index in [-0.39, 0.29) is 11.5 Å². The molecule has 0 saturated heterocycles. The first kappa shape index (κ1) is 21.6. The van der Waals surface area contributed by atoms with Gasteiger partial charge in [0.05, 0.1) is 21.7 Å². The van der Waals surface area contributed by atoms with Gasteiger partial charge in [-0.1, -0.05) is 29.8 Å². The Labute approximate surface area is 186 Å². The number of hydrogen-bond acceptors (Lipinski definition) is 4. The molecule has 0 spiro atoms. The SMILES string of the molecule is Cc1ccc(NC(=O)c2cccc(C(F)(F)F)c2Cl)cc1-c1ccc2nc(N)ncc2c1. The molecule has 0 radical (unpaired) electrons. The van der Waals surface area contributed by atoms with Gasteiger partial charge in [0.1, 0.15) is 0 Å². The predicted molar refractivity (Wildman–Crippen MR) is 119 cm³/mol. The fraction of sp³-hybridized carbons (Fsp3) is 0.0870. The summed E-state index contributed by atoms with van der Waals surface area (Å²) in [6, 6.07) is 14.0. The van der Waals surface area contributed by atoms with E-state index in [0.717, 1.165) is 34.2 Å². The van der Waals surface area contributed by atoms with E-state index in [9.17, 15) is 18.0 Å². The Morgan fingerprint density at radius 1 is 1.09 bits per heavy atom. The molecule has 162 valence electrons. The van der Waals surface area contributed by atoms with Crippen molar-refractivity contribution in [3.8, 4) is 11.1 Å². The van der Waals surface area contributed by atoms with Gasteiger partial charge in [-0.25, -0.2) is 9.97 Å². The molecule has 3 N–H and O–H groups in total. The number of alkyl halides is 3. The maximum absolute atomic E-state index is 13.1. The molecule has 0 atom stereocenters. The lowest BCUT2D eigenvalue weighted by Gasteiger charge is -2.14. The van der Waals surface area contributed by atoms with Crippen LogP contribution >= 0.6 is 11.6 Å². The van der Waals surface area contributed by atoms with E-state index in [1.807, 2.05) is 31.2 Å². The molecule has 0 aliphatic carbocycles. The second-order valence-electron chi connectivity index (χ2n) is 7.15. The molecular formula is C23H16ClF3N4O. The summed E-state index contributed by atoms with van der Waals surface area (Å²) in [5.41, 5.74) is 8.04. The van der Waals surface area contributed by atoms with Crippen LogP contribution in [0.2, 0.25) is 5.02 Å². The number of halogens is 4. The average molecular weight is 457 g/mol. The summed E-state index contributed by atoms with van der Waals surface area (Å²) in [5, 5.41) is 2.78. The average Bonchev–Trinajstić information content (AvgIpc) is 2.74. The second-order valence-corrected chi connectivity index (χ2v) is 7.53. The zero-order chi connectivity index (χ0) is 23.0. The van der Waals surface area contributed by atoms with E-state index in [0.29, 0.717) is 11.2 Å². The van der Waals surface area contributed by atoms with Gasteiger partial charge in [-0.05, 0) is 60.0 Å². The third-order valence-electron chi connectivity index (χ3n) is 4.95. The second kappa shape index (κ2) is 8.12. The number of rotatable bonds is 3. The van der Waals surface area contributed by atoms with Crippen LogP contribution in [0.5, 0.6) is 0 Å². The number of carbonyl (C=O) groups is 1. The molecule has 0 aliphatic heterocycles. The van der Waals surface area contributed by atoms with Crippen LogP contribution in [0.1, 0.15) is 21.5 Å². The Kier molecular flexibility index (Phi) is 5.48. The highest BCUT2D eigenvalue weighted by Crippen LogP contribution is 2.36. The topological polar surface area (TPSA) is 80.9 Å². The molecule has 1 heterocycles. The first-order valence-electron chi connectivity index (χ1n) is 9.44. The maximum Gasteiger partial charge on any atom is 0.417 e. The molecule has 0 aliphatic rings. The number of nitrogens with zero attached hydrogens (tertiary/aromatic N) is 2. The van der Waals surface area contributed by atoms with Crippen molar-refractivity contribution in [3.05, 3.63) is 82.5 Å². The molecule has 9 heteroatoms. The fourth-order valence-electron chi connectivity index (χ4n) is 3.35. The summed E-state index contributed by atoms with van der Waals surface area (Å²) in [5.74, 6) is -0.558. The summed E-state index contributed by atoms with van der Waals surface area (Å²) < 4.78 is 39.3. The lowest BCUT2D eigenvalue weighted by molar-refractivity contribution is -0.137. The van der Waals surface area contributed by atoms with Crippen LogP contribution in [0.3, 0.4) is 0 Å². The molecule has 4 rings (SSSR count). The number of aryl methyl sites for hydroxylation is 1. The van der Waals surface area contributed by atoms with E-state index < -0.39 is 22.7 Å². The lowest BCUT2D eigenvalue weighted by Crippen LogP contribution is -2.15. The summed E-state index contributed by atoms with van der Waals surface area (Å²) in [6.45, 7) is 1.91. The first-order valence-corrected chi connectivity index (χ1v) is 9.81. The van der Waals surface area contributed by atoms with Crippen LogP contribution in [-0.2, 0) is 6.18 Å². The highest BCUT2D eigenvalue weighted by molar-refractivity contribution is 6.35. The molecule has 0 unspecified atom stereocenters. The summed E-state index contributed by atoms with van der Waals surface area (Å²) in [4.78, 5) is 20.8. The van der Waals surface area contributed by atoms with Gasteiger partial charge in [-0.2, -0.15) is 13.2 Å². The number of nitrogens with one attached hydrogen (secondary N) is 1. The number of nitrogens with two attached hydrogens (primary N) is 1. The Morgan fingerprint density at radius 3 is 2.62 bits per heavy atom. The quantitative estimate of drug-likeness (QED) is 0.389. The molecule has 32 heavy (non-hydrogen) atoms. The van der Waals surface area contributed by atoms with Crippen molar-refractivity contribution in [3.63, 3.8) is 0 Å². The minimum Gasteiger partial charge on any atom is -0.368 e. The van der Waals surface area contributed by atoms with Gasteiger partial charge in [-0.3, -0.25) is 4.79 Å². The summed E-state index contributed by atoms with van der Waals surface area (Å²) in [6.07, 6.45) is -3.04. The minimum atomic E-state index is -4.66. The van der Waals surface area contributed by atoms with Crippen LogP contribution in [0.15, 0.2) is 60.8 Å². The van der Waals surface area contributed by atoms with Gasteiger partial charge < -0.3 is 11.1 Å². The number of carbonyl (C=O) groups excluding carboxylic acids is 1. The van der Waals surface area contributed by atoms with E-state index in [2.05, 4.69) is 15.3 Å². The molecule has 0 bridgehead atoms. The Balaban J connectivity index is 1.67. The molecule has 1 amide bonds. The number of aromatic nitrogens is 2. The van der Waals surface area contributed by atoms with Crippen LogP contribution in [-0.4, -0.2) is 15.9 Å². The van der Waals surface area contributed by atoms with Crippen LogP contribution in [0.4, 0.5) is 24.8 Å². The van der Waals surface area contributed by atoms with Crippen molar-refractivity contribution in [2.45, 2.75) is 13.1 Å². The summed E-state index contributed by atoms with van der Waals surface area (Å²) in [7, 11) is 0. The highest BCUT2D eigenvalue weighted by atomic mass is 35.5. The zero-order valence-corrected chi connectivity index (χ0v) is 17.4. The Hall–Kier alpha value is -3.65. The van der Waals surface area contributed by atoms with Crippen LogP contribution in [0, 0.1) is 6.92 Å². The van der Waals surface area contributed by atoms with E-state index >= 15 is 0 Å². The smallest absolute Gasteiger partial charge is 0.368 e. The molecule has 3 aromatic carbocycles. The largest absolute Gasteiger partial charge is 0.417 e.